The summed E-state index contributed by atoms with van der Waals surface area (Å²) < 4.78 is 5.38. The van der Waals surface area contributed by atoms with Crippen molar-refractivity contribution in [2.45, 2.75) is 32.1 Å². The van der Waals surface area contributed by atoms with Crippen LogP contribution >= 0.6 is 0 Å². The van der Waals surface area contributed by atoms with Crippen LogP contribution < -0.4 is 4.90 Å². The molecule has 2 aliphatic rings. The van der Waals surface area contributed by atoms with Crippen LogP contribution in [-0.2, 0) is 17.6 Å². The molecule has 0 bridgehead atoms. The highest BCUT2D eigenvalue weighted by Gasteiger charge is 2.24. The van der Waals surface area contributed by atoms with E-state index < -0.39 is 5.97 Å². The third-order valence-corrected chi connectivity index (χ3v) is 4.50. The third kappa shape index (κ3) is 3.02. The standard InChI is InChI=1S/C16H22N2O3/c1-18(10-11-5-7-21-8-6-11)15-13(16(19)20)9-12-3-2-4-14(12)17-15/h9,11H,2-8,10H2,1H3,(H,19,20). The number of ether oxygens (including phenoxy) is 1. The first-order chi connectivity index (χ1) is 10.1. The van der Waals surface area contributed by atoms with E-state index in [2.05, 4.69) is 4.98 Å². The lowest BCUT2D eigenvalue weighted by atomic mass is 9.99. The van der Waals surface area contributed by atoms with Crippen LogP contribution in [0.2, 0.25) is 0 Å². The van der Waals surface area contributed by atoms with Crippen LogP contribution in [0.3, 0.4) is 0 Å². The van der Waals surface area contributed by atoms with Crippen molar-refractivity contribution in [1.29, 1.82) is 0 Å². The van der Waals surface area contributed by atoms with E-state index in [1.54, 1.807) is 0 Å². The summed E-state index contributed by atoms with van der Waals surface area (Å²) in [6.07, 6.45) is 5.07. The Bertz CT molecular complexity index is 539. The van der Waals surface area contributed by atoms with Gasteiger partial charge in [-0.1, -0.05) is 0 Å². The van der Waals surface area contributed by atoms with Crippen LogP contribution in [0.5, 0.6) is 0 Å². The SMILES string of the molecule is CN(CC1CCOCC1)c1nc2c(cc1C(=O)O)CCC2. The lowest BCUT2D eigenvalue weighted by Crippen LogP contribution is -2.31. The van der Waals surface area contributed by atoms with E-state index in [-0.39, 0.29) is 0 Å². The zero-order valence-electron chi connectivity index (χ0n) is 12.5. The van der Waals surface area contributed by atoms with Crippen LogP contribution in [0.25, 0.3) is 0 Å². The summed E-state index contributed by atoms with van der Waals surface area (Å²) in [6, 6.07) is 1.83. The van der Waals surface area contributed by atoms with Crippen molar-refractivity contribution < 1.29 is 14.6 Å². The molecule has 0 saturated carbocycles. The Hall–Kier alpha value is -1.62. The van der Waals surface area contributed by atoms with Gasteiger partial charge in [0.05, 0.1) is 0 Å². The zero-order valence-corrected chi connectivity index (χ0v) is 12.5. The number of hydrogen-bond donors (Lipinski definition) is 1. The van der Waals surface area contributed by atoms with Crippen LogP contribution in [-0.4, -0.2) is 42.9 Å². The minimum absolute atomic E-state index is 0.338. The number of anilines is 1. The van der Waals surface area contributed by atoms with Gasteiger partial charge in [0.25, 0.3) is 0 Å². The number of carbonyl (C=O) groups is 1. The Morgan fingerprint density at radius 2 is 2.19 bits per heavy atom. The summed E-state index contributed by atoms with van der Waals surface area (Å²) >= 11 is 0. The maximum atomic E-state index is 11.5. The van der Waals surface area contributed by atoms with Gasteiger partial charge in [0.1, 0.15) is 11.4 Å². The number of hydrogen-bond acceptors (Lipinski definition) is 4. The molecule has 0 amide bonds. The maximum absolute atomic E-state index is 11.5. The Morgan fingerprint density at radius 1 is 1.43 bits per heavy atom. The molecule has 0 unspecified atom stereocenters. The predicted molar refractivity (Wildman–Crippen MR) is 80.0 cm³/mol. The van der Waals surface area contributed by atoms with Gasteiger partial charge in [0, 0.05) is 32.5 Å². The molecule has 0 radical (unpaired) electrons. The van der Waals surface area contributed by atoms with Gasteiger partial charge >= 0.3 is 5.97 Å². The Morgan fingerprint density at radius 3 is 2.90 bits per heavy atom. The summed E-state index contributed by atoms with van der Waals surface area (Å²) in [5, 5.41) is 9.46. The molecule has 114 valence electrons. The molecule has 0 atom stereocenters. The summed E-state index contributed by atoms with van der Waals surface area (Å²) in [6.45, 7) is 2.46. The Labute approximate surface area is 124 Å². The molecule has 1 N–H and O–H groups in total. The van der Waals surface area contributed by atoms with Crippen molar-refractivity contribution in [2.24, 2.45) is 5.92 Å². The highest BCUT2D eigenvalue weighted by atomic mass is 16.5. The van der Waals surface area contributed by atoms with Crippen molar-refractivity contribution in [3.8, 4) is 0 Å². The van der Waals surface area contributed by atoms with Crippen LogP contribution in [0.15, 0.2) is 6.07 Å². The van der Waals surface area contributed by atoms with E-state index >= 15 is 0 Å². The predicted octanol–water partition coefficient (Wildman–Crippen LogP) is 2.13. The lowest BCUT2D eigenvalue weighted by molar-refractivity contribution is 0.0677. The minimum Gasteiger partial charge on any atom is -0.478 e. The van der Waals surface area contributed by atoms with Crippen molar-refractivity contribution in [3.05, 3.63) is 22.9 Å². The first-order valence-electron chi connectivity index (χ1n) is 7.70. The van der Waals surface area contributed by atoms with Gasteiger partial charge < -0.3 is 14.7 Å². The highest BCUT2D eigenvalue weighted by Crippen LogP contribution is 2.28. The smallest absolute Gasteiger partial charge is 0.339 e. The number of rotatable bonds is 4. The largest absolute Gasteiger partial charge is 0.478 e. The number of fused-ring (bicyclic) bond motifs is 1. The second-order valence-electron chi connectivity index (χ2n) is 6.06. The van der Waals surface area contributed by atoms with E-state index in [1.807, 2.05) is 18.0 Å². The van der Waals surface area contributed by atoms with Gasteiger partial charge in [0.2, 0.25) is 0 Å². The van der Waals surface area contributed by atoms with E-state index in [4.69, 9.17) is 4.74 Å². The summed E-state index contributed by atoms with van der Waals surface area (Å²) in [4.78, 5) is 18.2. The van der Waals surface area contributed by atoms with Crippen molar-refractivity contribution in [1.82, 2.24) is 4.98 Å². The van der Waals surface area contributed by atoms with Crippen LogP contribution in [0, 0.1) is 5.92 Å². The molecule has 0 aromatic carbocycles. The number of carboxylic acids is 1. The molecule has 3 rings (SSSR count). The fourth-order valence-electron chi connectivity index (χ4n) is 3.31. The summed E-state index contributed by atoms with van der Waals surface area (Å²) in [5.41, 5.74) is 2.52. The molecule has 2 heterocycles. The Kier molecular flexibility index (Phi) is 4.10. The number of aromatic carboxylic acids is 1. The Balaban J connectivity index is 1.83. The fraction of sp³-hybridized carbons (Fsp3) is 0.625. The minimum atomic E-state index is -0.883. The van der Waals surface area contributed by atoms with Gasteiger partial charge in [-0.05, 0) is 49.7 Å². The summed E-state index contributed by atoms with van der Waals surface area (Å²) in [7, 11) is 1.95. The van der Waals surface area contributed by atoms with Gasteiger partial charge in [-0.25, -0.2) is 9.78 Å². The van der Waals surface area contributed by atoms with Gasteiger partial charge in [-0.2, -0.15) is 0 Å². The van der Waals surface area contributed by atoms with Crippen LogP contribution in [0.1, 0.15) is 40.9 Å². The number of carboxylic acid groups (broad SMARTS) is 1. The normalized spacial score (nSPS) is 18.5. The lowest BCUT2D eigenvalue weighted by Gasteiger charge is -2.28. The maximum Gasteiger partial charge on any atom is 0.339 e. The molecule has 21 heavy (non-hydrogen) atoms. The molecular formula is C16H22N2O3. The van der Waals surface area contributed by atoms with E-state index in [1.165, 1.54) is 0 Å². The second kappa shape index (κ2) is 6.02. The van der Waals surface area contributed by atoms with E-state index in [0.717, 1.165) is 63.1 Å². The molecular weight excluding hydrogens is 268 g/mol. The number of aromatic nitrogens is 1. The van der Waals surface area contributed by atoms with Crippen LogP contribution in [0.4, 0.5) is 5.82 Å². The molecule has 1 fully saturated rings. The second-order valence-corrected chi connectivity index (χ2v) is 6.06. The highest BCUT2D eigenvalue weighted by molar-refractivity contribution is 5.93. The quantitative estimate of drug-likeness (QED) is 0.920. The molecule has 0 spiro atoms. The topological polar surface area (TPSA) is 62.7 Å². The average molecular weight is 290 g/mol. The average Bonchev–Trinajstić information content (AvgIpc) is 2.94. The third-order valence-electron chi connectivity index (χ3n) is 4.50. The van der Waals surface area contributed by atoms with E-state index in [0.29, 0.717) is 17.3 Å². The number of nitrogens with zero attached hydrogens (tertiary/aromatic N) is 2. The van der Waals surface area contributed by atoms with Gasteiger partial charge in [-0.3, -0.25) is 0 Å². The fourth-order valence-corrected chi connectivity index (χ4v) is 3.31. The van der Waals surface area contributed by atoms with Crippen molar-refractivity contribution in [2.75, 3.05) is 31.7 Å². The first-order valence-corrected chi connectivity index (χ1v) is 7.70. The molecule has 1 aliphatic heterocycles. The first kappa shape index (κ1) is 14.3. The molecule has 1 aromatic heterocycles. The molecule has 5 heteroatoms. The van der Waals surface area contributed by atoms with Crippen molar-refractivity contribution >= 4 is 11.8 Å². The zero-order chi connectivity index (χ0) is 14.8. The molecule has 1 aromatic rings. The van der Waals surface area contributed by atoms with Gasteiger partial charge in [0.15, 0.2) is 0 Å². The van der Waals surface area contributed by atoms with Crippen molar-refractivity contribution in [3.63, 3.8) is 0 Å². The van der Waals surface area contributed by atoms with Gasteiger partial charge in [-0.15, -0.1) is 0 Å². The van der Waals surface area contributed by atoms with E-state index in [9.17, 15) is 9.90 Å². The monoisotopic (exact) mass is 290 g/mol. The number of aryl methyl sites for hydroxylation is 2. The summed E-state index contributed by atoms with van der Waals surface area (Å²) in [5.74, 6) is 0.293. The molecule has 1 aliphatic carbocycles. The molecule has 1 saturated heterocycles. The number of pyridine rings is 1. The molecule has 5 nitrogen and oxygen atoms in total.